The number of oxime groups is 2. The molecule has 52 heavy (non-hydrogen) atoms. The Morgan fingerprint density at radius 3 is 1.52 bits per heavy atom. The standard InChI is InChI=1S/C24H37NO5Si.C17H29NO2Si/c1-8-28-22(26)23(13-14-23)24(27)15-21(25-30-24)19-9-11-20(12-10-19)29-31(16(2)3,17(4)5)18(6)7;1-12(2)21(13(3)4,14(5)6)20-17-10-8-16(9-11-17)15(7)18-19/h9-12,16-18,27H,8,13-15H2,1-7H3;8-14,19H,1-7H3/b;18-15+. The molecule has 0 bridgehead atoms. The maximum absolute atomic E-state index is 12.4. The van der Waals surface area contributed by atoms with Gasteiger partial charge < -0.3 is 28.7 Å². The van der Waals surface area contributed by atoms with Gasteiger partial charge in [0.1, 0.15) is 16.9 Å². The lowest BCUT2D eigenvalue weighted by Crippen LogP contribution is -2.50. The van der Waals surface area contributed by atoms with Crippen LogP contribution in [-0.4, -0.2) is 56.7 Å². The molecule has 1 saturated carbocycles. The molecular weight excluding hydrogens is 689 g/mol. The van der Waals surface area contributed by atoms with Crippen molar-refractivity contribution in [1.29, 1.82) is 0 Å². The van der Waals surface area contributed by atoms with E-state index in [1.54, 1.807) is 13.8 Å². The van der Waals surface area contributed by atoms with Gasteiger partial charge >= 0.3 is 5.97 Å². The van der Waals surface area contributed by atoms with Gasteiger partial charge in [-0.1, -0.05) is 93.4 Å². The van der Waals surface area contributed by atoms with E-state index in [0.29, 0.717) is 57.5 Å². The molecule has 4 rings (SSSR count). The predicted molar refractivity (Wildman–Crippen MR) is 216 cm³/mol. The van der Waals surface area contributed by atoms with Crippen LogP contribution in [0.3, 0.4) is 0 Å². The molecule has 1 atom stereocenters. The predicted octanol–water partition coefficient (Wildman–Crippen LogP) is 10.8. The Balaban J connectivity index is 0.000000304. The molecule has 0 aromatic heterocycles. The van der Waals surface area contributed by atoms with E-state index in [1.165, 1.54) is 0 Å². The summed E-state index contributed by atoms with van der Waals surface area (Å²) in [4.78, 5) is 17.8. The van der Waals surface area contributed by atoms with Crippen molar-refractivity contribution in [2.24, 2.45) is 15.7 Å². The quantitative estimate of drug-likeness (QED) is 0.0611. The van der Waals surface area contributed by atoms with Gasteiger partial charge in [0, 0.05) is 0 Å². The van der Waals surface area contributed by atoms with Crippen LogP contribution >= 0.6 is 0 Å². The van der Waals surface area contributed by atoms with Crippen LogP contribution in [-0.2, 0) is 14.4 Å². The van der Waals surface area contributed by atoms with E-state index in [-0.39, 0.29) is 13.0 Å². The van der Waals surface area contributed by atoms with Crippen molar-refractivity contribution in [2.75, 3.05) is 6.61 Å². The first-order valence-corrected chi connectivity index (χ1v) is 23.5. The number of carbonyl (C=O) groups is 1. The van der Waals surface area contributed by atoms with Gasteiger partial charge in [-0.2, -0.15) is 0 Å². The minimum Gasteiger partial charge on any atom is -0.543 e. The number of carbonyl (C=O) groups excluding carboxylic acids is 1. The van der Waals surface area contributed by atoms with Crippen molar-refractivity contribution in [3.05, 3.63) is 59.7 Å². The molecule has 1 heterocycles. The van der Waals surface area contributed by atoms with Crippen LogP contribution in [0.25, 0.3) is 0 Å². The van der Waals surface area contributed by atoms with Crippen LogP contribution < -0.4 is 8.85 Å². The van der Waals surface area contributed by atoms with Crippen molar-refractivity contribution in [1.82, 2.24) is 0 Å². The maximum Gasteiger partial charge on any atom is 0.318 e. The van der Waals surface area contributed by atoms with Gasteiger partial charge in [-0.15, -0.1) is 0 Å². The molecule has 0 amide bonds. The van der Waals surface area contributed by atoms with Crippen molar-refractivity contribution >= 4 is 34.0 Å². The molecule has 2 aliphatic rings. The topological polar surface area (TPSA) is 119 Å². The molecule has 2 aromatic rings. The Hall–Kier alpha value is -3.16. The zero-order valence-corrected chi connectivity index (χ0v) is 36.2. The fraction of sp³-hybridized carbons (Fsp3) is 0.634. The van der Waals surface area contributed by atoms with Gasteiger partial charge in [0.15, 0.2) is 0 Å². The lowest BCUT2D eigenvalue weighted by molar-refractivity contribution is -0.236. The van der Waals surface area contributed by atoms with Crippen molar-refractivity contribution < 1.29 is 33.5 Å². The van der Waals surface area contributed by atoms with Gasteiger partial charge in [0.25, 0.3) is 22.4 Å². The normalized spacial score (nSPS) is 18.8. The van der Waals surface area contributed by atoms with E-state index in [1.807, 2.05) is 48.5 Å². The average Bonchev–Trinajstić information content (AvgIpc) is 3.82. The maximum atomic E-state index is 12.4. The second-order valence-corrected chi connectivity index (χ2v) is 27.2. The Morgan fingerprint density at radius 2 is 1.17 bits per heavy atom. The number of ether oxygens (including phenoxy) is 1. The summed E-state index contributed by atoms with van der Waals surface area (Å²) in [6.07, 6.45) is 1.25. The molecule has 1 aliphatic carbocycles. The zero-order chi connectivity index (χ0) is 39.2. The summed E-state index contributed by atoms with van der Waals surface area (Å²) in [7, 11) is -3.92. The number of nitrogens with zero attached hydrogens (tertiary/aromatic N) is 2. The average molecular weight is 755 g/mol. The van der Waals surface area contributed by atoms with E-state index in [4.69, 9.17) is 23.6 Å². The summed E-state index contributed by atoms with van der Waals surface area (Å²) in [5, 5.41) is 27.2. The van der Waals surface area contributed by atoms with E-state index >= 15 is 0 Å². The number of rotatable bonds is 15. The Morgan fingerprint density at radius 1 is 0.769 bits per heavy atom. The fourth-order valence-electron chi connectivity index (χ4n) is 8.63. The second-order valence-electron chi connectivity index (χ2n) is 16.5. The second kappa shape index (κ2) is 17.3. The third-order valence-electron chi connectivity index (χ3n) is 11.5. The first-order valence-electron chi connectivity index (χ1n) is 19.2. The monoisotopic (exact) mass is 754 g/mol. The van der Waals surface area contributed by atoms with Crippen LogP contribution in [0.5, 0.6) is 11.5 Å². The highest BCUT2D eigenvalue weighted by atomic mass is 28.4. The smallest absolute Gasteiger partial charge is 0.318 e. The van der Waals surface area contributed by atoms with E-state index in [9.17, 15) is 9.90 Å². The molecule has 2 aromatic carbocycles. The minimum atomic E-state index is -2.02. The summed E-state index contributed by atoms with van der Waals surface area (Å²) >= 11 is 0. The number of aliphatic hydroxyl groups is 1. The summed E-state index contributed by atoms with van der Waals surface area (Å²) < 4.78 is 18.5. The summed E-state index contributed by atoms with van der Waals surface area (Å²) in [6, 6.07) is 15.7. The number of hydrogen-bond donors (Lipinski definition) is 2. The molecule has 11 heteroatoms. The minimum absolute atomic E-state index is 0.161. The molecule has 1 fully saturated rings. The van der Waals surface area contributed by atoms with Gasteiger partial charge in [-0.25, -0.2) is 0 Å². The largest absolute Gasteiger partial charge is 0.543 e. The van der Waals surface area contributed by atoms with Crippen LogP contribution in [0.2, 0.25) is 33.2 Å². The molecule has 1 unspecified atom stereocenters. The molecule has 9 nitrogen and oxygen atoms in total. The lowest BCUT2D eigenvalue weighted by Gasteiger charge is -2.42. The summed E-state index contributed by atoms with van der Waals surface area (Å²) in [6.45, 7) is 31.1. The van der Waals surface area contributed by atoms with Gasteiger partial charge in [0.2, 0.25) is 0 Å². The molecule has 290 valence electrons. The third-order valence-corrected chi connectivity index (χ3v) is 23.5. The summed E-state index contributed by atoms with van der Waals surface area (Å²) in [5.74, 6) is -0.257. The van der Waals surface area contributed by atoms with Gasteiger partial charge in [-0.05, 0) is 120 Å². The Labute approximate surface area is 315 Å². The highest BCUT2D eigenvalue weighted by molar-refractivity contribution is 6.78. The Kier molecular flexibility index (Phi) is 14.4. The fourth-order valence-corrected chi connectivity index (χ4v) is 19.1. The Bertz CT molecular complexity index is 1490. The van der Waals surface area contributed by atoms with Crippen LogP contribution in [0.4, 0.5) is 0 Å². The zero-order valence-electron chi connectivity index (χ0n) is 34.2. The van der Waals surface area contributed by atoms with Crippen LogP contribution in [0, 0.1) is 5.41 Å². The van der Waals surface area contributed by atoms with E-state index < -0.39 is 33.8 Å². The molecule has 2 N–H and O–H groups in total. The highest BCUT2D eigenvalue weighted by Gasteiger charge is 2.69. The lowest BCUT2D eigenvalue weighted by atomic mass is 9.89. The first kappa shape index (κ1) is 43.2. The van der Waals surface area contributed by atoms with Crippen molar-refractivity contribution in [3.63, 3.8) is 0 Å². The molecule has 1 aliphatic heterocycles. The van der Waals surface area contributed by atoms with Crippen LogP contribution in [0.1, 0.15) is 127 Å². The van der Waals surface area contributed by atoms with E-state index in [0.717, 1.165) is 22.6 Å². The summed E-state index contributed by atoms with van der Waals surface area (Å²) in [5.41, 5.74) is 5.14. The number of esters is 1. The van der Waals surface area contributed by atoms with Gasteiger partial charge in [-0.3, -0.25) is 4.79 Å². The first-order chi connectivity index (χ1) is 24.3. The molecule has 0 radical (unpaired) electrons. The van der Waals surface area contributed by atoms with Crippen LogP contribution in [0.15, 0.2) is 58.8 Å². The third kappa shape index (κ3) is 8.62. The highest BCUT2D eigenvalue weighted by Crippen LogP contribution is 2.58. The SMILES string of the molecule is C/C(=N\O)c1ccc(O[Si](C(C)C)(C(C)C)C(C)C)cc1.CCOC(=O)C1(C2(O)CC(c3ccc(O[Si](C(C)C)(C(C)C)C(C)C)cc3)=NO2)CC1. The number of hydrogen-bond acceptors (Lipinski definition) is 9. The molecular formula is C41H66N2O7Si2. The van der Waals surface area contributed by atoms with Crippen molar-refractivity contribution in [2.45, 2.75) is 155 Å². The molecule has 0 spiro atoms. The number of benzene rings is 2. The molecule has 0 saturated heterocycles. The van der Waals surface area contributed by atoms with Gasteiger partial charge in [0.05, 0.1) is 24.5 Å². The van der Waals surface area contributed by atoms with E-state index in [2.05, 4.69) is 93.4 Å². The van der Waals surface area contributed by atoms with Crippen molar-refractivity contribution in [3.8, 4) is 11.5 Å².